The van der Waals surface area contributed by atoms with Crippen LogP contribution in [0.3, 0.4) is 0 Å². The van der Waals surface area contributed by atoms with E-state index in [1.807, 2.05) is 0 Å². The highest BCUT2D eigenvalue weighted by molar-refractivity contribution is 5.86. The third-order valence-corrected chi connectivity index (χ3v) is 1.76. The van der Waals surface area contributed by atoms with E-state index in [1.54, 1.807) is 6.92 Å². The van der Waals surface area contributed by atoms with Gasteiger partial charge in [-0.15, -0.1) is 0 Å². The molecule has 94 valence electrons. The third-order valence-electron chi connectivity index (χ3n) is 1.76. The van der Waals surface area contributed by atoms with Crippen LogP contribution >= 0.6 is 0 Å². The molecule has 17 heavy (non-hydrogen) atoms. The van der Waals surface area contributed by atoms with Crippen LogP contribution in [0.2, 0.25) is 0 Å². The van der Waals surface area contributed by atoms with Crippen molar-refractivity contribution in [2.24, 2.45) is 0 Å². The average Bonchev–Trinajstić information content (AvgIpc) is 2.29. The summed E-state index contributed by atoms with van der Waals surface area (Å²) in [4.78, 5) is 37.4. The second-order valence-corrected chi connectivity index (χ2v) is 2.80. The maximum absolute atomic E-state index is 11.3. The Kier molecular flexibility index (Phi) is 6.27. The number of rotatable bonds is 2. The van der Waals surface area contributed by atoms with Gasteiger partial charge in [-0.1, -0.05) is 0 Å². The van der Waals surface area contributed by atoms with Gasteiger partial charge in [-0.05, 0) is 13.0 Å². The summed E-state index contributed by atoms with van der Waals surface area (Å²) in [7, 11) is 2.23. The number of aromatic nitrogens is 2. The molecule has 0 spiro atoms. The molecule has 0 aliphatic rings. The summed E-state index contributed by atoms with van der Waals surface area (Å²) in [6, 6.07) is 0. The largest absolute Gasteiger partial charge is 0.466 e. The number of aliphatic hydroxyl groups excluding tert-OH is 1. The molecular weight excluding hydrogens is 228 g/mol. The Labute approximate surface area is 96.8 Å². The highest BCUT2D eigenvalue weighted by Crippen LogP contribution is 1.97. The van der Waals surface area contributed by atoms with Crippen LogP contribution in [-0.4, -0.2) is 35.3 Å². The lowest BCUT2D eigenvalue weighted by atomic mass is 10.2. The van der Waals surface area contributed by atoms with Gasteiger partial charge in [0.25, 0.3) is 5.56 Å². The normalized spacial score (nSPS) is 9.65. The molecule has 0 aliphatic carbocycles. The minimum absolute atomic E-state index is 0.222. The summed E-state index contributed by atoms with van der Waals surface area (Å²) < 4.78 is 4.37. The number of aryl methyl sites for hydroxylation is 1. The number of methoxy groups -OCH3 is 1. The molecule has 0 fully saturated rings. The van der Waals surface area contributed by atoms with E-state index in [2.05, 4.69) is 14.7 Å². The summed E-state index contributed by atoms with van der Waals surface area (Å²) >= 11 is 0. The number of hydrogen-bond donors (Lipinski definition) is 3. The third kappa shape index (κ3) is 4.47. The lowest BCUT2D eigenvalue weighted by molar-refractivity contribution is -0.134. The van der Waals surface area contributed by atoms with Gasteiger partial charge in [0.2, 0.25) is 0 Å². The first-order valence-electron chi connectivity index (χ1n) is 4.58. The molecule has 1 aromatic rings. The molecule has 1 heterocycles. The minimum Gasteiger partial charge on any atom is -0.466 e. The first-order chi connectivity index (χ1) is 8.04. The Hall–Kier alpha value is -2.15. The van der Waals surface area contributed by atoms with Crippen LogP contribution in [0.1, 0.15) is 11.3 Å². The van der Waals surface area contributed by atoms with Gasteiger partial charge in [0, 0.05) is 18.9 Å². The maximum Gasteiger partial charge on any atom is 0.330 e. The predicted molar refractivity (Wildman–Crippen MR) is 61.6 cm³/mol. The fourth-order valence-electron chi connectivity index (χ4n) is 1.03. The van der Waals surface area contributed by atoms with Crippen molar-refractivity contribution in [3.8, 4) is 0 Å². The summed E-state index contributed by atoms with van der Waals surface area (Å²) in [5, 5.41) is 7.00. The SMILES string of the molecule is CO.COC(=O)/C=C/c1c(C)[nH]c(=O)[nH]c1=O. The van der Waals surface area contributed by atoms with Gasteiger partial charge in [0.1, 0.15) is 0 Å². The van der Waals surface area contributed by atoms with Crippen molar-refractivity contribution >= 4 is 12.0 Å². The molecule has 0 amide bonds. The van der Waals surface area contributed by atoms with Crippen molar-refractivity contribution in [3.63, 3.8) is 0 Å². The first kappa shape index (κ1) is 14.8. The van der Waals surface area contributed by atoms with Crippen LogP contribution in [-0.2, 0) is 9.53 Å². The van der Waals surface area contributed by atoms with Gasteiger partial charge >= 0.3 is 11.7 Å². The molecule has 0 atom stereocenters. The van der Waals surface area contributed by atoms with E-state index >= 15 is 0 Å². The number of esters is 1. The predicted octanol–water partition coefficient (Wildman–Crippen LogP) is -0.834. The Balaban J connectivity index is 0.00000121. The summed E-state index contributed by atoms with van der Waals surface area (Å²) in [6.07, 6.45) is 2.39. The van der Waals surface area contributed by atoms with E-state index in [-0.39, 0.29) is 5.56 Å². The van der Waals surface area contributed by atoms with Gasteiger partial charge < -0.3 is 14.8 Å². The minimum atomic E-state index is -0.576. The lowest BCUT2D eigenvalue weighted by Gasteiger charge is -1.97. The van der Waals surface area contributed by atoms with Crippen LogP contribution in [0.4, 0.5) is 0 Å². The summed E-state index contributed by atoms with van der Waals surface area (Å²) in [6.45, 7) is 1.56. The first-order valence-corrected chi connectivity index (χ1v) is 4.58. The number of hydrogen-bond acceptors (Lipinski definition) is 5. The number of H-pyrrole nitrogens is 2. The topological polar surface area (TPSA) is 112 Å². The van der Waals surface area contributed by atoms with E-state index < -0.39 is 17.2 Å². The average molecular weight is 242 g/mol. The standard InChI is InChI=1S/C9H10N2O4.CH4O/c1-5-6(3-4-7(12)15-2)8(13)11-9(14)10-5;1-2/h3-4H,1-2H3,(H2,10,11,13,14);2H,1H3/b4-3+;. The van der Waals surface area contributed by atoms with Crippen molar-refractivity contribution in [2.75, 3.05) is 14.2 Å². The number of aliphatic hydroxyl groups is 1. The lowest BCUT2D eigenvalue weighted by Crippen LogP contribution is -2.25. The van der Waals surface area contributed by atoms with Crippen LogP contribution in [0.25, 0.3) is 6.08 Å². The summed E-state index contributed by atoms with van der Waals surface area (Å²) in [5.74, 6) is -0.569. The Morgan fingerprint density at radius 1 is 1.29 bits per heavy atom. The Morgan fingerprint density at radius 3 is 2.35 bits per heavy atom. The van der Waals surface area contributed by atoms with Crippen LogP contribution in [0.15, 0.2) is 15.7 Å². The van der Waals surface area contributed by atoms with Crippen LogP contribution in [0.5, 0.6) is 0 Å². The highest BCUT2D eigenvalue weighted by Gasteiger charge is 2.02. The van der Waals surface area contributed by atoms with E-state index in [1.165, 1.54) is 13.2 Å². The van der Waals surface area contributed by atoms with Gasteiger partial charge in [-0.2, -0.15) is 0 Å². The maximum atomic E-state index is 11.3. The molecule has 1 rings (SSSR count). The number of carbonyl (C=O) groups excluding carboxylic acids is 1. The van der Waals surface area contributed by atoms with Gasteiger partial charge in [-0.3, -0.25) is 9.78 Å². The number of nitrogens with one attached hydrogen (secondary N) is 2. The number of carbonyl (C=O) groups is 1. The molecule has 0 aromatic carbocycles. The van der Waals surface area contributed by atoms with Crippen molar-refractivity contribution in [1.82, 2.24) is 9.97 Å². The number of ether oxygens (including phenoxy) is 1. The van der Waals surface area contributed by atoms with Gasteiger partial charge in [0.15, 0.2) is 0 Å². The zero-order valence-electron chi connectivity index (χ0n) is 9.73. The van der Waals surface area contributed by atoms with Gasteiger partial charge in [0.05, 0.1) is 12.7 Å². The fourth-order valence-corrected chi connectivity index (χ4v) is 1.03. The van der Waals surface area contributed by atoms with E-state index in [9.17, 15) is 14.4 Å². The molecule has 7 nitrogen and oxygen atoms in total. The van der Waals surface area contributed by atoms with Crippen molar-refractivity contribution < 1.29 is 14.6 Å². The summed E-state index contributed by atoms with van der Waals surface area (Å²) in [5.41, 5.74) is -0.506. The van der Waals surface area contributed by atoms with E-state index in [0.717, 1.165) is 13.2 Å². The molecule has 0 unspecified atom stereocenters. The molecule has 7 heteroatoms. The van der Waals surface area contributed by atoms with Crippen LogP contribution in [0, 0.1) is 6.92 Å². The van der Waals surface area contributed by atoms with Crippen molar-refractivity contribution in [1.29, 1.82) is 0 Å². The zero-order valence-corrected chi connectivity index (χ0v) is 9.73. The number of aromatic amines is 2. The molecule has 3 N–H and O–H groups in total. The Morgan fingerprint density at radius 2 is 1.88 bits per heavy atom. The quantitative estimate of drug-likeness (QED) is 0.462. The second kappa shape index (κ2) is 7.18. The molecule has 0 bridgehead atoms. The molecule has 0 saturated carbocycles. The molecule has 1 aromatic heterocycles. The highest BCUT2D eigenvalue weighted by atomic mass is 16.5. The van der Waals surface area contributed by atoms with Crippen molar-refractivity contribution in [3.05, 3.63) is 38.2 Å². The Bertz CT molecular complexity index is 512. The molecule has 0 radical (unpaired) electrons. The molecular formula is C10H14N2O5. The monoisotopic (exact) mass is 242 g/mol. The van der Waals surface area contributed by atoms with Crippen molar-refractivity contribution in [2.45, 2.75) is 6.92 Å². The fraction of sp³-hybridized carbons (Fsp3) is 0.300. The second-order valence-electron chi connectivity index (χ2n) is 2.80. The van der Waals surface area contributed by atoms with E-state index in [0.29, 0.717) is 5.69 Å². The molecule has 0 saturated heterocycles. The van der Waals surface area contributed by atoms with Crippen LogP contribution < -0.4 is 11.2 Å². The smallest absolute Gasteiger partial charge is 0.330 e. The van der Waals surface area contributed by atoms with Gasteiger partial charge in [-0.25, -0.2) is 9.59 Å². The molecule has 0 aliphatic heterocycles. The zero-order chi connectivity index (χ0) is 13.4. The van der Waals surface area contributed by atoms with E-state index in [4.69, 9.17) is 5.11 Å².